The van der Waals surface area contributed by atoms with Gasteiger partial charge >= 0.3 is 0 Å². The number of piperidine rings is 1. The molecule has 3 heterocycles. The van der Waals surface area contributed by atoms with E-state index in [0.29, 0.717) is 0 Å². The molecule has 1 saturated heterocycles. The predicted octanol–water partition coefficient (Wildman–Crippen LogP) is 4.65. The average molecular weight is 371 g/mol. The number of nitrogens with one attached hydrogen (secondary N) is 1. The Morgan fingerprint density at radius 1 is 0.964 bits per heavy atom. The first-order valence-corrected chi connectivity index (χ1v) is 9.99. The second kappa shape index (κ2) is 6.26. The molecular formula is C24H25N3O. The van der Waals surface area contributed by atoms with Crippen molar-refractivity contribution in [1.82, 2.24) is 9.47 Å². The summed E-state index contributed by atoms with van der Waals surface area (Å²) in [5, 5.41) is 3.81. The summed E-state index contributed by atoms with van der Waals surface area (Å²) in [5.74, 6) is 0.143. The zero-order valence-corrected chi connectivity index (χ0v) is 16.4. The largest absolute Gasteiger partial charge is 0.372 e. The minimum atomic E-state index is -0.113. The fourth-order valence-corrected chi connectivity index (χ4v) is 4.62. The Balaban J connectivity index is 1.40. The Hall–Kier alpha value is -3.01. The fraction of sp³-hybridized carbons (Fsp3) is 0.292. The number of hydrogen-bond acceptors (Lipinski definition) is 2. The highest BCUT2D eigenvalue weighted by Crippen LogP contribution is 2.43. The minimum absolute atomic E-state index is 0.113. The molecule has 4 nitrogen and oxygen atoms in total. The number of nitrogens with zero attached hydrogens (tertiary/aromatic N) is 2. The molecule has 2 aliphatic rings. The Morgan fingerprint density at radius 3 is 2.54 bits per heavy atom. The van der Waals surface area contributed by atoms with Crippen LogP contribution in [0.15, 0.2) is 60.8 Å². The van der Waals surface area contributed by atoms with Gasteiger partial charge in [0.05, 0.1) is 16.9 Å². The van der Waals surface area contributed by atoms with Crippen LogP contribution >= 0.6 is 0 Å². The SMILES string of the molecule is Cc1ccc(C(=O)N2CCC3(CC2)Nc2ccccc2-n2cccc23)cc1C. The standard InChI is InChI=1S/C24H25N3O/c1-17-9-10-19(16-18(17)2)23(28)26-14-11-24(12-15-26)22-8-5-13-27(22)21-7-4-3-6-20(21)25-24/h3-10,13,16,25H,11-12,14-15H2,1-2H3. The second-order valence-corrected chi connectivity index (χ2v) is 8.08. The van der Waals surface area contributed by atoms with Gasteiger partial charge in [-0.15, -0.1) is 0 Å². The molecule has 3 aromatic rings. The minimum Gasteiger partial charge on any atom is -0.372 e. The summed E-state index contributed by atoms with van der Waals surface area (Å²) in [6.07, 6.45) is 3.95. The molecule has 0 atom stereocenters. The van der Waals surface area contributed by atoms with Crippen molar-refractivity contribution in [3.63, 3.8) is 0 Å². The lowest BCUT2D eigenvalue weighted by Crippen LogP contribution is -2.51. The van der Waals surface area contributed by atoms with Crippen molar-refractivity contribution >= 4 is 11.6 Å². The van der Waals surface area contributed by atoms with Crippen molar-refractivity contribution in [3.05, 3.63) is 83.2 Å². The average Bonchev–Trinajstić information content (AvgIpc) is 3.22. The van der Waals surface area contributed by atoms with Gasteiger partial charge in [0.25, 0.3) is 5.91 Å². The number of para-hydroxylation sites is 2. The lowest BCUT2D eigenvalue weighted by Gasteiger charge is -2.46. The third kappa shape index (κ3) is 2.55. The van der Waals surface area contributed by atoms with E-state index in [0.717, 1.165) is 31.5 Å². The summed E-state index contributed by atoms with van der Waals surface area (Å²) in [4.78, 5) is 15.0. The monoisotopic (exact) mass is 371 g/mol. The number of likely N-dealkylation sites (tertiary alicyclic amines) is 1. The quantitative estimate of drug-likeness (QED) is 0.676. The van der Waals surface area contributed by atoms with E-state index in [-0.39, 0.29) is 11.4 Å². The Kier molecular flexibility index (Phi) is 3.83. The van der Waals surface area contributed by atoms with Gasteiger partial charge in [-0.25, -0.2) is 0 Å². The zero-order valence-electron chi connectivity index (χ0n) is 16.4. The fourth-order valence-electron chi connectivity index (χ4n) is 4.62. The summed E-state index contributed by atoms with van der Waals surface area (Å²) in [7, 11) is 0. The summed E-state index contributed by atoms with van der Waals surface area (Å²) >= 11 is 0. The van der Waals surface area contributed by atoms with Crippen LogP contribution in [0, 0.1) is 13.8 Å². The molecule has 0 unspecified atom stereocenters. The number of anilines is 1. The van der Waals surface area contributed by atoms with Crippen LogP contribution in [0.5, 0.6) is 0 Å². The number of carbonyl (C=O) groups is 1. The highest BCUT2D eigenvalue weighted by molar-refractivity contribution is 5.94. The molecule has 28 heavy (non-hydrogen) atoms. The number of carbonyl (C=O) groups excluding carboxylic acids is 1. The van der Waals surface area contributed by atoms with Crippen LogP contribution in [0.4, 0.5) is 5.69 Å². The molecule has 1 fully saturated rings. The van der Waals surface area contributed by atoms with Crippen molar-refractivity contribution in [2.45, 2.75) is 32.2 Å². The van der Waals surface area contributed by atoms with Crippen molar-refractivity contribution in [1.29, 1.82) is 0 Å². The molecule has 0 aliphatic carbocycles. The first-order valence-electron chi connectivity index (χ1n) is 9.99. The molecule has 0 radical (unpaired) electrons. The normalized spacial score (nSPS) is 17.0. The number of amides is 1. The zero-order chi connectivity index (χ0) is 19.3. The summed E-state index contributed by atoms with van der Waals surface area (Å²) in [6.45, 7) is 5.66. The number of aromatic nitrogens is 1. The maximum Gasteiger partial charge on any atom is 0.253 e. The lowest BCUT2D eigenvalue weighted by molar-refractivity contribution is 0.0676. The van der Waals surface area contributed by atoms with Crippen LogP contribution in [-0.2, 0) is 5.54 Å². The topological polar surface area (TPSA) is 37.3 Å². The molecule has 2 aliphatic heterocycles. The number of benzene rings is 2. The first-order chi connectivity index (χ1) is 13.6. The third-order valence-electron chi connectivity index (χ3n) is 6.43. The van der Waals surface area contributed by atoms with E-state index in [9.17, 15) is 4.79 Å². The van der Waals surface area contributed by atoms with E-state index in [1.165, 1.54) is 28.2 Å². The van der Waals surface area contributed by atoms with Crippen molar-refractivity contribution in [2.24, 2.45) is 0 Å². The van der Waals surface area contributed by atoms with Crippen LogP contribution in [0.1, 0.15) is 40.0 Å². The maximum absolute atomic E-state index is 13.0. The first kappa shape index (κ1) is 17.1. The van der Waals surface area contributed by atoms with Gasteiger partial charge in [0.1, 0.15) is 0 Å². The van der Waals surface area contributed by atoms with Gasteiger partial charge in [0.15, 0.2) is 0 Å². The number of aryl methyl sites for hydroxylation is 2. The molecule has 1 amide bonds. The van der Waals surface area contributed by atoms with Crippen LogP contribution in [0.2, 0.25) is 0 Å². The van der Waals surface area contributed by atoms with E-state index >= 15 is 0 Å². The molecule has 142 valence electrons. The van der Waals surface area contributed by atoms with Gasteiger partial charge in [-0.2, -0.15) is 0 Å². The number of fused-ring (bicyclic) bond motifs is 4. The van der Waals surface area contributed by atoms with Gasteiger partial charge < -0.3 is 14.8 Å². The van der Waals surface area contributed by atoms with Gasteiger partial charge in [0.2, 0.25) is 0 Å². The number of rotatable bonds is 1. The van der Waals surface area contributed by atoms with Gasteiger partial charge in [-0.1, -0.05) is 18.2 Å². The van der Waals surface area contributed by atoms with Crippen LogP contribution in [0.25, 0.3) is 5.69 Å². The van der Waals surface area contributed by atoms with E-state index in [2.05, 4.69) is 66.3 Å². The highest BCUT2D eigenvalue weighted by Gasteiger charge is 2.42. The molecule has 1 aromatic heterocycles. The summed E-state index contributed by atoms with van der Waals surface area (Å²) < 4.78 is 2.30. The number of hydrogen-bond donors (Lipinski definition) is 1. The molecular weight excluding hydrogens is 346 g/mol. The smallest absolute Gasteiger partial charge is 0.253 e. The Bertz CT molecular complexity index is 1060. The van der Waals surface area contributed by atoms with Gasteiger partial charge in [-0.3, -0.25) is 4.79 Å². The molecule has 1 spiro atoms. The highest BCUT2D eigenvalue weighted by atomic mass is 16.2. The molecule has 2 aromatic carbocycles. The third-order valence-corrected chi connectivity index (χ3v) is 6.43. The van der Waals surface area contributed by atoms with Gasteiger partial charge in [0, 0.05) is 30.5 Å². The Morgan fingerprint density at radius 2 is 1.75 bits per heavy atom. The summed E-state index contributed by atoms with van der Waals surface area (Å²) in [6, 6.07) is 18.8. The molecule has 1 N–H and O–H groups in total. The summed E-state index contributed by atoms with van der Waals surface area (Å²) in [5.41, 5.74) is 6.73. The van der Waals surface area contributed by atoms with E-state index in [4.69, 9.17) is 0 Å². The molecule has 0 saturated carbocycles. The van der Waals surface area contributed by atoms with Crippen molar-refractivity contribution in [2.75, 3.05) is 18.4 Å². The van der Waals surface area contributed by atoms with E-state index in [1.54, 1.807) is 0 Å². The molecule has 5 rings (SSSR count). The van der Waals surface area contributed by atoms with Gasteiger partial charge in [-0.05, 0) is 74.2 Å². The van der Waals surface area contributed by atoms with Crippen molar-refractivity contribution in [3.8, 4) is 5.69 Å². The van der Waals surface area contributed by atoms with Crippen LogP contribution < -0.4 is 5.32 Å². The lowest BCUT2D eigenvalue weighted by atomic mass is 9.82. The van der Waals surface area contributed by atoms with Crippen LogP contribution in [-0.4, -0.2) is 28.5 Å². The van der Waals surface area contributed by atoms with E-state index in [1.807, 2.05) is 23.1 Å². The van der Waals surface area contributed by atoms with Crippen molar-refractivity contribution < 1.29 is 4.79 Å². The second-order valence-electron chi connectivity index (χ2n) is 8.08. The van der Waals surface area contributed by atoms with E-state index < -0.39 is 0 Å². The molecule has 4 heteroatoms. The predicted molar refractivity (Wildman–Crippen MR) is 112 cm³/mol. The Labute approximate surface area is 165 Å². The van der Waals surface area contributed by atoms with Crippen LogP contribution in [0.3, 0.4) is 0 Å². The molecule has 0 bridgehead atoms. The maximum atomic E-state index is 13.0.